The van der Waals surface area contributed by atoms with Gasteiger partial charge in [-0.2, -0.15) is 0 Å². The number of rotatable bonds is 6. The van der Waals surface area contributed by atoms with Crippen molar-refractivity contribution < 1.29 is 23.5 Å². The summed E-state index contributed by atoms with van der Waals surface area (Å²) in [6, 6.07) is 12.6. The number of carbonyl (C=O) groups excluding carboxylic acids is 3. The number of esters is 1. The standard InChI is InChI=1S/C23H20FN3O4/c24-14-8-10-15(11-9-14)26-20(28)12-25-21(29)13-31-23(30)22-16-4-1-2-6-18(16)27-19-7-3-5-17(19)22/h1-2,4,6,8-11H,3,5,7,12-13H2,(H,25,29)(H,26,28). The number of halogens is 1. The summed E-state index contributed by atoms with van der Waals surface area (Å²) in [7, 11) is 0. The fraction of sp³-hybridized carbons (Fsp3) is 0.217. The normalized spacial score (nSPS) is 12.3. The van der Waals surface area contributed by atoms with Crippen LogP contribution in [0.3, 0.4) is 0 Å². The van der Waals surface area contributed by atoms with Crippen molar-refractivity contribution in [3.63, 3.8) is 0 Å². The predicted molar refractivity (Wildman–Crippen MR) is 112 cm³/mol. The van der Waals surface area contributed by atoms with Gasteiger partial charge in [-0.3, -0.25) is 14.6 Å². The highest BCUT2D eigenvalue weighted by Gasteiger charge is 2.25. The molecular weight excluding hydrogens is 401 g/mol. The van der Waals surface area contributed by atoms with Crippen molar-refractivity contribution in [1.82, 2.24) is 10.3 Å². The molecule has 0 saturated carbocycles. The Morgan fingerprint density at radius 3 is 2.58 bits per heavy atom. The van der Waals surface area contributed by atoms with E-state index >= 15 is 0 Å². The highest BCUT2D eigenvalue weighted by atomic mass is 19.1. The highest BCUT2D eigenvalue weighted by molar-refractivity contribution is 6.05. The van der Waals surface area contributed by atoms with Crippen LogP contribution in [0, 0.1) is 5.82 Å². The number of benzene rings is 2. The minimum Gasteiger partial charge on any atom is -0.452 e. The SMILES string of the molecule is O=C(COC(=O)c1c2c(nc3ccccc13)CCC2)NCC(=O)Nc1ccc(F)cc1. The molecule has 0 fully saturated rings. The van der Waals surface area contributed by atoms with E-state index in [-0.39, 0.29) is 6.54 Å². The fourth-order valence-electron chi connectivity index (χ4n) is 3.62. The van der Waals surface area contributed by atoms with Gasteiger partial charge >= 0.3 is 5.97 Å². The second kappa shape index (κ2) is 8.91. The van der Waals surface area contributed by atoms with Crippen LogP contribution in [0.4, 0.5) is 10.1 Å². The van der Waals surface area contributed by atoms with Gasteiger partial charge in [0.15, 0.2) is 6.61 Å². The van der Waals surface area contributed by atoms with E-state index in [1.54, 1.807) is 0 Å². The molecule has 1 aliphatic rings. The maximum atomic E-state index is 12.9. The number of hydrogen-bond donors (Lipinski definition) is 2. The quantitative estimate of drug-likeness (QED) is 0.597. The highest BCUT2D eigenvalue weighted by Crippen LogP contribution is 2.30. The fourth-order valence-corrected chi connectivity index (χ4v) is 3.62. The number of anilines is 1. The van der Waals surface area contributed by atoms with E-state index in [2.05, 4.69) is 15.6 Å². The molecule has 0 unspecified atom stereocenters. The number of hydrogen-bond acceptors (Lipinski definition) is 5. The molecule has 1 aromatic heterocycles. The summed E-state index contributed by atoms with van der Waals surface area (Å²) in [4.78, 5) is 41.4. The number of aromatic nitrogens is 1. The summed E-state index contributed by atoms with van der Waals surface area (Å²) in [5.41, 5.74) is 3.36. The zero-order chi connectivity index (χ0) is 21.8. The van der Waals surface area contributed by atoms with Gasteiger partial charge in [0, 0.05) is 16.8 Å². The molecule has 0 spiro atoms. The maximum Gasteiger partial charge on any atom is 0.339 e. The van der Waals surface area contributed by atoms with Crippen LogP contribution in [0.1, 0.15) is 28.0 Å². The molecule has 7 nitrogen and oxygen atoms in total. The van der Waals surface area contributed by atoms with Crippen LogP contribution in [0.25, 0.3) is 10.9 Å². The number of pyridine rings is 1. The molecule has 4 rings (SSSR count). The number of fused-ring (bicyclic) bond motifs is 2. The Morgan fingerprint density at radius 1 is 1.00 bits per heavy atom. The van der Waals surface area contributed by atoms with Crippen molar-refractivity contribution in [2.75, 3.05) is 18.5 Å². The van der Waals surface area contributed by atoms with E-state index < -0.39 is 30.2 Å². The largest absolute Gasteiger partial charge is 0.452 e. The average Bonchev–Trinajstić information content (AvgIpc) is 3.24. The van der Waals surface area contributed by atoms with Crippen molar-refractivity contribution >= 4 is 34.4 Å². The molecule has 0 saturated heterocycles. The summed E-state index contributed by atoms with van der Waals surface area (Å²) in [5, 5.41) is 5.63. The van der Waals surface area contributed by atoms with Gasteiger partial charge in [0.1, 0.15) is 5.82 Å². The molecule has 1 heterocycles. The number of nitrogens with zero attached hydrogens (tertiary/aromatic N) is 1. The molecule has 0 atom stereocenters. The van der Waals surface area contributed by atoms with Crippen molar-refractivity contribution in [2.24, 2.45) is 0 Å². The molecule has 0 radical (unpaired) electrons. The Balaban J connectivity index is 1.34. The Hall–Kier alpha value is -3.81. The first-order valence-corrected chi connectivity index (χ1v) is 9.91. The number of carbonyl (C=O) groups is 3. The predicted octanol–water partition coefficient (Wildman–Crippen LogP) is 2.77. The molecule has 3 aromatic rings. The number of aryl methyl sites for hydroxylation is 1. The Morgan fingerprint density at radius 2 is 1.77 bits per heavy atom. The zero-order valence-electron chi connectivity index (χ0n) is 16.6. The monoisotopic (exact) mass is 421 g/mol. The van der Waals surface area contributed by atoms with Gasteiger partial charge in [-0.15, -0.1) is 0 Å². The maximum absolute atomic E-state index is 12.9. The first kappa shape index (κ1) is 20.5. The molecule has 2 aromatic carbocycles. The molecule has 2 amide bonds. The Kier molecular flexibility index (Phi) is 5.88. The lowest BCUT2D eigenvalue weighted by Crippen LogP contribution is -2.35. The molecule has 1 aliphatic carbocycles. The van der Waals surface area contributed by atoms with Gasteiger partial charge < -0.3 is 15.4 Å². The minimum atomic E-state index is -0.599. The summed E-state index contributed by atoms with van der Waals surface area (Å²) >= 11 is 0. The first-order chi connectivity index (χ1) is 15.0. The van der Waals surface area contributed by atoms with Crippen LogP contribution in [0.2, 0.25) is 0 Å². The van der Waals surface area contributed by atoms with Crippen LogP contribution >= 0.6 is 0 Å². The summed E-state index contributed by atoms with van der Waals surface area (Å²) in [5.74, 6) is -2.08. The second-order valence-corrected chi connectivity index (χ2v) is 7.19. The third-order valence-corrected chi connectivity index (χ3v) is 5.03. The zero-order valence-corrected chi connectivity index (χ0v) is 16.6. The molecule has 0 bridgehead atoms. The molecule has 158 valence electrons. The molecule has 8 heteroatoms. The lowest BCUT2D eigenvalue weighted by Gasteiger charge is -2.12. The molecular formula is C23H20FN3O4. The van der Waals surface area contributed by atoms with Gasteiger partial charge in [0.2, 0.25) is 5.91 Å². The second-order valence-electron chi connectivity index (χ2n) is 7.19. The van der Waals surface area contributed by atoms with E-state index in [1.807, 2.05) is 24.3 Å². The minimum absolute atomic E-state index is 0.304. The first-order valence-electron chi connectivity index (χ1n) is 9.91. The van der Waals surface area contributed by atoms with Crippen LogP contribution in [0.5, 0.6) is 0 Å². The number of nitrogens with one attached hydrogen (secondary N) is 2. The number of amides is 2. The van der Waals surface area contributed by atoms with Gasteiger partial charge in [-0.25, -0.2) is 9.18 Å². The van der Waals surface area contributed by atoms with Gasteiger partial charge in [-0.05, 0) is 55.2 Å². The van der Waals surface area contributed by atoms with Gasteiger partial charge in [-0.1, -0.05) is 18.2 Å². The smallest absolute Gasteiger partial charge is 0.339 e. The third kappa shape index (κ3) is 4.69. The third-order valence-electron chi connectivity index (χ3n) is 5.03. The van der Waals surface area contributed by atoms with E-state index in [0.29, 0.717) is 16.6 Å². The Bertz CT molecular complexity index is 1160. The van der Waals surface area contributed by atoms with Crippen LogP contribution in [-0.4, -0.2) is 35.9 Å². The lowest BCUT2D eigenvalue weighted by molar-refractivity contribution is -0.126. The van der Waals surface area contributed by atoms with E-state index in [0.717, 1.165) is 36.0 Å². The lowest BCUT2D eigenvalue weighted by atomic mass is 10.0. The van der Waals surface area contributed by atoms with Crippen molar-refractivity contribution in [3.8, 4) is 0 Å². The van der Waals surface area contributed by atoms with E-state index in [9.17, 15) is 18.8 Å². The van der Waals surface area contributed by atoms with Crippen molar-refractivity contribution in [3.05, 3.63) is 71.2 Å². The van der Waals surface area contributed by atoms with Gasteiger partial charge in [0.25, 0.3) is 5.91 Å². The molecule has 31 heavy (non-hydrogen) atoms. The van der Waals surface area contributed by atoms with Gasteiger partial charge in [0.05, 0.1) is 17.6 Å². The number of ether oxygens (including phenoxy) is 1. The topological polar surface area (TPSA) is 97.4 Å². The summed E-state index contributed by atoms with van der Waals surface area (Å²) < 4.78 is 18.1. The summed E-state index contributed by atoms with van der Waals surface area (Å²) in [6.45, 7) is -0.810. The van der Waals surface area contributed by atoms with Crippen LogP contribution in [0.15, 0.2) is 48.5 Å². The molecule has 2 N–H and O–H groups in total. The van der Waals surface area contributed by atoms with Crippen LogP contribution in [-0.2, 0) is 27.2 Å². The summed E-state index contributed by atoms with van der Waals surface area (Å²) in [6.07, 6.45) is 2.47. The van der Waals surface area contributed by atoms with Crippen molar-refractivity contribution in [2.45, 2.75) is 19.3 Å². The number of para-hydroxylation sites is 1. The van der Waals surface area contributed by atoms with E-state index in [4.69, 9.17) is 4.74 Å². The Labute approximate surface area is 177 Å². The van der Waals surface area contributed by atoms with E-state index in [1.165, 1.54) is 24.3 Å². The van der Waals surface area contributed by atoms with Crippen molar-refractivity contribution in [1.29, 1.82) is 0 Å². The molecule has 0 aliphatic heterocycles. The average molecular weight is 421 g/mol. The van der Waals surface area contributed by atoms with Crippen LogP contribution < -0.4 is 10.6 Å².